The molecule has 8 nitrogen and oxygen atoms in total. The third-order valence-corrected chi connectivity index (χ3v) is 5.64. The molecule has 29 heavy (non-hydrogen) atoms. The van der Waals surface area contributed by atoms with Crippen molar-refractivity contribution in [2.45, 2.75) is 64.6 Å². The molecule has 0 saturated carbocycles. The summed E-state index contributed by atoms with van der Waals surface area (Å²) in [6, 6.07) is 2.59. The number of ether oxygens (including phenoxy) is 1. The minimum atomic E-state index is -0.0163. The van der Waals surface area contributed by atoms with Crippen molar-refractivity contribution in [1.29, 1.82) is 0 Å². The number of hydrogen-bond donors (Lipinski definition) is 6. The summed E-state index contributed by atoms with van der Waals surface area (Å²) in [7, 11) is 5.63. The van der Waals surface area contributed by atoms with E-state index in [-0.39, 0.29) is 12.5 Å². The topological polar surface area (TPSA) is 94.3 Å². The summed E-state index contributed by atoms with van der Waals surface area (Å²) in [5, 5.41) is 20.9. The average Bonchev–Trinajstić information content (AvgIpc) is 2.75. The summed E-state index contributed by atoms with van der Waals surface area (Å²) in [5.74, 6) is 1.35. The highest BCUT2D eigenvalue weighted by molar-refractivity contribution is 5.47. The van der Waals surface area contributed by atoms with Gasteiger partial charge in [0.1, 0.15) is 6.29 Å². The first-order valence-electron chi connectivity index (χ1n) is 11.0. The van der Waals surface area contributed by atoms with E-state index in [2.05, 4.69) is 56.8 Å². The van der Waals surface area contributed by atoms with E-state index >= 15 is 0 Å². The summed E-state index contributed by atoms with van der Waals surface area (Å²) >= 11 is 0. The number of hydrogen-bond acceptors (Lipinski definition) is 8. The highest BCUT2D eigenvalue weighted by Gasteiger charge is 2.30. The van der Waals surface area contributed by atoms with Gasteiger partial charge in [0.25, 0.3) is 0 Å². The summed E-state index contributed by atoms with van der Waals surface area (Å²) in [4.78, 5) is 4.49. The fraction of sp³-hybridized carbons (Fsp3) is 0.762. The zero-order chi connectivity index (χ0) is 21.1. The van der Waals surface area contributed by atoms with Gasteiger partial charge in [-0.25, -0.2) is 4.98 Å². The van der Waals surface area contributed by atoms with Gasteiger partial charge in [0, 0.05) is 31.2 Å². The number of nitrogens with zero attached hydrogens (tertiary/aromatic N) is 1. The van der Waals surface area contributed by atoms with Crippen LogP contribution in [0.1, 0.15) is 45.1 Å². The predicted molar refractivity (Wildman–Crippen MR) is 120 cm³/mol. The Morgan fingerprint density at radius 3 is 2.72 bits per heavy atom. The van der Waals surface area contributed by atoms with Crippen molar-refractivity contribution >= 4 is 5.69 Å². The normalized spacial score (nSPS) is 23.0. The molecule has 1 saturated heterocycles. The molecule has 0 radical (unpaired) electrons. The van der Waals surface area contributed by atoms with Gasteiger partial charge in [-0.05, 0) is 38.9 Å². The van der Waals surface area contributed by atoms with Crippen LogP contribution in [0.25, 0.3) is 0 Å². The number of likely N-dealkylation sites (N-methyl/N-ethyl adjacent to an activating group) is 1. The number of pyridine rings is 1. The molecule has 2 rings (SSSR count). The Kier molecular flexibility index (Phi) is 10.7. The maximum Gasteiger partial charge on any atom is 0.217 e. The van der Waals surface area contributed by atoms with Gasteiger partial charge in [0.2, 0.25) is 5.88 Å². The monoisotopic (exact) mass is 407 g/mol. The van der Waals surface area contributed by atoms with Gasteiger partial charge in [-0.15, -0.1) is 0 Å². The van der Waals surface area contributed by atoms with Crippen LogP contribution in [0.5, 0.6) is 5.88 Å². The molecule has 8 heteroatoms. The van der Waals surface area contributed by atoms with Crippen LogP contribution >= 0.6 is 0 Å². The fourth-order valence-corrected chi connectivity index (χ4v) is 4.02. The van der Waals surface area contributed by atoms with Crippen molar-refractivity contribution in [3.05, 3.63) is 17.8 Å². The van der Waals surface area contributed by atoms with Gasteiger partial charge in [0.15, 0.2) is 0 Å². The zero-order valence-corrected chi connectivity index (χ0v) is 18.8. The van der Waals surface area contributed by atoms with Gasteiger partial charge in [0.05, 0.1) is 25.2 Å². The van der Waals surface area contributed by atoms with E-state index in [9.17, 15) is 0 Å². The van der Waals surface area contributed by atoms with Gasteiger partial charge in [-0.2, -0.15) is 0 Å². The van der Waals surface area contributed by atoms with Crippen LogP contribution in [-0.2, 0) is 6.54 Å². The minimum absolute atomic E-state index is 0.0163. The van der Waals surface area contributed by atoms with E-state index in [0.717, 1.165) is 37.3 Å². The summed E-state index contributed by atoms with van der Waals surface area (Å²) in [6.45, 7) is 7.10. The van der Waals surface area contributed by atoms with Crippen molar-refractivity contribution in [2.24, 2.45) is 5.92 Å². The molecule has 1 aliphatic rings. The van der Waals surface area contributed by atoms with E-state index < -0.39 is 0 Å². The van der Waals surface area contributed by atoms with Crippen molar-refractivity contribution in [2.75, 3.05) is 39.6 Å². The number of rotatable bonds is 13. The highest BCUT2D eigenvalue weighted by atomic mass is 16.5. The third kappa shape index (κ3) is 7.38. The maximum absolute atomic E-state index is 5.44. The molecule has 0 bridgehead atoms. The Hall–Kier alpha value is -1.45. The lowest BCUT2D eigenvalue weighted by atomic mass is 9.88. The Morgan fingerprint density at radius 2 is 2.07 bits per heavy atom. The minimum Gasteiger partial charge on any atom is -0.481 e. The predicted octanol–water partition coefficient (Wildman–Crippen LogP) is 1.42. The first-order chi connectivity index (χ1) is 14.1. The van der Waals surface area contributed by atoms with Gasteiger partial charge in [-0.1, -0.05) is 26.7 Å². The molecule has 1 aromatic heterocycles. The molecule has 6 N–H and O–H groups in total. The Labute approximate surface area is 176 Å². The molecule has 0 amide bonds. The zero-order valence-electron chi connectivity index (χ0n) is 18.8. The Balaban J connectivity index is 2.05. The van der Waals surface area contributed by atoms with Gasteiger partial charge in [-0.3, -0.25) is 10.6 Å². The molecule has 0 aromatic carbocycles. The molecule has 1 aromatic rings. The fourth-order valence-electron chi connectivity index (χ4n) is 4.02. The molecular weight excluding hydrogens is 366 g/mol. The number of aromatic nitrogens is 1. The van der Waals surface area contributed by atoms with Crippen LogP contribution in [0, 0.1) is 5.92 Å². The molecule has 0 aliphatic carbocycles. The molecule has 2 heterocycles. The van der Waals surface area contributed by atoms with Crippen LogP contribution in [-0.4, -0.2) is 57.8 Å². The standard InChI is InChI=1S/C21H41N7O/c1-6-8-15(7-2)18-12-19(23-4)28-21(27-18)26-17-11-16(13-24-10-9-22-3)20(29-5)25-14-17/h11,14-15,18-19,21-24,26-28H,6-10,12-13H2,1-5H3. The second kappa shape index (κ2) is 13.0. The van der Waals surface area contributed by atoms with Crippen LogP contribution in [0.15, 0.2) is 12.3 Å². The SMILES string of the molecule is CCCC(CC)C1CC(NC)NC(Nc2cnc(OC)c(CNCCNC)c2)N1. The number of anilines is 1. The molecule has 4 unspecified atom stereocenters. The van der Waals surface area contributed by atoms with Crippen molar-refractivity contribution in [3.8, 4) is 5.88 Å². The van der Waals surface area contributed by atoms with E-state index in [1.165, 1.54) is 19.3 Å². The first kappa shape index (κ1) is 23.8. The van der Waals surface area contributed by atoms with Gasteiger partial charge >= 0.3 is 0 Å². The van der Waals surface area contributed by atoms with Crippen molar-refractivity contribution in [1.82, 2.24) is 31.6 Å². The average molecular weight is 408 g/mol. The van der Waals surface area contributed by atoms with Crippen molar-refractivity contribution in [3.63, 3.8) is 0 Å². The summed E-state index contributed by atoms with van der Waals surface area (Å²) < 4.78 is 5.44. The lowest BCUT2D eigenvalue weighted by Gasteiger charge is -2.41. The van der Waals surface area contributed by atoms with Crippen LogP contribution < -0.4 is 36.6 Å². The largest absolute Gasteiger partial charge is 0.481 e. The highest BCUT2D eigenvalue weighted by Crippen LogP contribution is 2.23. The molecular formula is C21H41N7O. The lowest BCUT2D eigenvalue weighted by molar-refractivity contribution is 0.182. The van der Waals surface area contributed by atoms with E-state index in [1.54, 1.807) is 7.11 Å². The Morgan fingerprint density at radius 1 is 1.24 bits per heavy atom. The molecule has 166 valence electrons. The summed E-state index contributed by atoms with van der Waals surface area (Å²) in [5.41, 5.74) is 2.02. The van der Waals surface area contributed by atoms with E-state index in [1.807, 2.05) is 20.3 Å². The first-order valence-corrected chi connectivity index (χ1v) is 11.0. The van der Waals surface area contributed by atoms with Crippen LogP contribution in [0.3, 0.4) is 0 Å². The van der Waals surface area contributed by atoms with E-state index in [0.29, 0.717) is 17.8 Å². The number of nitrogens with one attached hydrogen (secondary N) is 6. The third-order valence-electron chi connectivity index (χ3n) is 5.64. The van der Waals surface area contributed by atoms with Crippen LogP contribution in [0.2, 0.25) is 0 Å². The van der Waals surface area contributed by atoms with Gasteiger partial charge < -0.3 is 26.0 Å². The Bertz CT molecular complexity index is 586. The second-order valence-electron chi connectivity index (χ2n) is 7.72. The molecule has 4 atom stereocenters. The quantitative estimate of drug-likeness (QED) is 0.274. The maximum atomic E-state index is 5.44. The second-order valence-corrected chi connectivity index (χ2v) is 7.72. The van der Waals surface area contributed by atoms with E-state index in [4.69, 9.17) is 4.74 Å². The molecule has 1 aliphatic heterocycles. The van der Waals surface area contributed by atoms with Crippen molar-refractivity contribution < 1.29 is 4.74 Å². The lowest BCUT2D eigenvalue weighted by Crippen LogP contribution is -2.65. The smallest absolute Gasteiger partial charge is 0.217 e. The number of methoxy groups -OCH3 is 1. The molecule has 0 spiro atoms. The molecule has 1 fully saturated rings. The van der Waals surface area contributed by atoms with Crippen LogP contribution in [0.4, 0.5) is 5.69 Å². The summed E-state index contributed by atoms with van der Waals surface area (Å²) in [6.07, 6.45) is 6.84.